The van der Waals surface area contributed by atoms with Crippen LogP contribution < -0.4 is 0 Å². The zero-order chi connectivity index (χ0) is 10.9. The van der Waals surface area contributed by atoms with E-state index >= 15 is 0 Å². The van der Waals surface area contributed by atoms with Crippen LogP contribution in [0.25, 0.3) is 0 Å². The van der Waals surface area contributed by atoms with E-state index in [1.165, 1.54) is 5.56 Å². The summed E-state index contributed by atoms with van der Waals surface area (Å²) in [5.74, 6) is 0. The highest BCUT2D eigenvalue weighted by Gasteiger charge is 1.90. The summed E-state index contributed by atoms with van der Waals surface area (Å²) in [6, 6.07) is 8.19. The first-order valence-corrected chi connectivity index (χ1v) is 5.53. The summed E-state index contributed by atoms with van der Waals surface area (Å²) in [4.78, 5) is 5.05. The molecule has 0 saturated carbocycles. The minimum atomic E-state index is 0.677. The zero-order valence-electron chi connectivity index (χ0n) is 9.49. The molecular weight excluding hydrogens is 186 g/mol. The van der Waals surface area contributed by atoms with Crippen LogP contribution in [0.5, 0.6) is 0 Å². The van der Waals surface area contributed by atoms with E-state index in [9.17, 15) is 0 Å². The monoisotopic (exact) mass is 204 g/mol. The Balaban J connectivity index is 2.36. The van der Waals surface area contributed by atoms with Gasteiger partial charge >= 0.3 is 0 Å². The SMILES string of the molecule is CCCCO/N=[C]\c1ccc(CC)cc1. The first kappa shape index (κ1) is 11.8. The lowest BCUT2D eigenvalue weighted by molar-refractivity contribution is 0.143. The Morgan fingerprint density at radius 1 is 1.20 bits per heavy atom. The second kappa shape index (κ2) is 7.04. The van der Waals surface area contributed by atoms with Crippen molar-refractivity contribution in [1.29, 1.82) is 0 Å². The van der Waals surface area contributed by atoms with Crippen LogP contribution in [0.4, 0.5) is 0 Å². The molecule has 0 fully saturated rings. The molecule has 0 aliphatic heterocycles. The normalized spacial score (nSPS) is 10.8. The van der Waals surface area contributed by atoms with Gasteiger partial charge in [0.25, 0.3) is 0 Å². The molecular formula is C13H18NO. The van der Waals surface area contributed by atoms with Crippen molar-refractivity contribution in [3.05, 3.63) is 35.4 Å². The van der Waals surface area contributed by atoms with Crippen LogP contribution >= 0.6 is 0 Å². The maximum absolute atomic E-state index is 5.05. The molecule has 0 heterocycles. The van der Waals surface area contributed by atoms with Crippen LogP contribution in [0, 0.1) is 0 Å². The number of hydrogen-bond acceptors (Lipinski definition) is 2. The van der Waals surface area contributed by atoms with E-state index in [-0.39, 0.29) is 0 Å². The lowest BCUT2D eigenvalue weighted by atomic mass is 10.1. The first-order valence-electron chi connectivity index (χ1n) is 5.53. The summed E-state index contributed by atoms with van der Waals surface area (Å²) >= 11 is 0. The molecule has 1 rings (SSSR count). The highest BCUT2D eigenvalue weighted by molar-refractivity contribution is 5.79. The van der Waals surface area contributed by atoms with Crippen LogP contribution in [-0.4, -0.2) is 12.8 Å². The molecule has 81 valence electrons. The molecule has 0 unspecified atom stereocenters. The van der Waals surface area contributed by atoms with E-state index in [0.717, 1.165) is 24.8 Å². The Morgan fingerprint density at radius 3 is 2.53 bits per heavy atom. The average molecular weight is 204 g/mol. The molecule has 1 aromatic carbocycles. The minimum Gasteiger partial charge on any atom is -0.395 e. The van der Waals surface area contributed by atoms with Gasteiger partial charge in [-0.15, -0.1) is 0 Å². The molecule has 1 aromatic rings. The fourth-order valence-corrected chi connectivity index (χ4v) is 1.15. The number of hydrogen-bond donors (Lipinski definition) is 0. The number of rotatable bonds is 6. The van der Waals surface area contributed by atoms with Crippen molar-refractivity contribution in [3.63, 3.8) is 0 Å². The number of benzene rings is 1. The van der Waals surface area contributed by atoms with Gasteiger partial charge in [0.2, 0.25) is 0 Å². The van der Waals surface area contributed by atoms with Crippen molar-refractivity contribution >= 4 is 6.21 Å². The summed E-state index contributed by atoms with van der Waals surface area (Å²) in [6.45, 7) is 4.94. The summed E-state index contributed by atoms with van der Waals surface area (Å²) in [5.41, 5.74) is 2.29. The molecule has 0 amide bonds. The van der Waals surface area contributed by atoms with Gasteiger partial charge in [-0.1, -0.05) is 49.7 Å². The quantitative estimate of drug-likeness (QED) is 0.396. The van der Waals surface area contributed by atoms with Gasteiger partial charge < -0.3 is 4.84 Å². The Hall–Kier alpha value is -1.31. The van der Waals surface area contributed by atoms with E-state index in [4.69, 9.17) is 4.84 Å². The molecule has 0 aliphatic carbocycles. The van der Waals surface area contributed by atoms with Gasteiger partial charge in [-0.05, 0) is 18.4 Å². The Kier molecular flexibility index (Phi) is 5.52. The van der Waals surface area contributed by atoms with Crippen LogP contribution in [0.2, 0.25) is 0 Å². The third-order valence-corrected chi connectivity index (χ3v) is 2.19. The van der Waals surface area contributed by atoms with Gasteiger partial charge in [-0.2, -0.15) is 0 Å². The van der Waals surface area contributed by atoms with Gasteiger partial charge in [-0.3, -0.25) is 0 Å². The van der Waals surface area contributed by atoms with Crippen molar-refractivity contribution in [2.24, 2.45) is 5.16 Å². The largest absolute Gasteiger partial charge is 0.395 e. The molecule has 0 saturated heterocycles. The van der Waals surface area contributed by atoms with Crippen LogP contribution in [0.3, 0.4) is 0 Å². The summed E-state index contributed by atoms with van der Waals surface area (Å²) in [5, 5.41) is 3.78. The van der Waals surface area contributed by atoms with E-state index in [0.29, 0.717) is 6.61 Å². The molecule has 0 aliphatic rings. The standard InChI is InChI=1S/C13H18NO/c1-3-5-10-15-14-11-13-8-6-12(4-2)7-9-13/h6-9H,3-5,10H2,1-2H3. The van der Waals surface area contributed by atoms with Crippen molar-refractivity contribution in [2.45, 2.75) is 33.1 Å². The molecule has 0 aromatic heterocycles. The lowest BCUT2D eigenvalue weighted by Crippen LogP contribution is -1.88. The maximum Gasteiger partial charge on any atom is 0.139 e. The van der Waals surface area contributed by atoms with Gasteiger partial charge in [0.15, 0.2) is 0 Å². The summed E-state index contributed by atoms with van der Waals surface area (Å²) < 4.78 is 0. The van der Waals surface area contributed by atoms with Crippen LogP contribution in [0.1, 0.15) is 37.8 Å². The molecule has 1 radical (unpaired) electrons. The van der Waals surface area contributed by atoms with Gasteiger partial charge in [0, 0.05) is 5.56 Å². The lowest BCUT2D eigenvalue weighted by Gasteiger charge is -1.97. The Bertz CT molecular complexity index is 290. The second-order valence-corrected chi connectivity index (χ2v) is 3.44. The van der Waals surface area contributed by atoms with Gasteiger partial charge in [0.05, 0.1) is 0 Å². The van der Waals surface area contributed by atoms with E-state index in [1.54, 1.807) is 0 Å². The highest BCUT2D eigenvalue weighted by Crippen LogP contribution is 2.02. The second-order valence-electron chi connectivity index (χ2n) is 3.44. The van der Waals surface area contributed by atoms with Gasteiger partial charge in [0.1, 0.15) is 12.8 Å². The van der Waals surface area contributed by atoms with E-state index < -0.39 is 0 Å². The van der Waals surface area contributed by atoms with Gasteiger partial charge in [-0.25, -0.2) is 0 Å². The minimum absolute atomic E-state index is 0.677. The Labute approximate surface area is 91.9 Å². The molecule has 15 heavy (non-hydrogen) atoms. The number of unbranched alkanes of at least 4 members (excludes halogenated alkanes) is 1. The fraction of sp³-hybridized carbons (Fsp3) is 0.462. The topological polar surface area (TPSA) is 21.6 Å². The maximum atomic E-state index is 5.05. The third-order valence-electron chi connectivity index (χ3n) is 2.19. The molecule has 2 nitrogen and oxygen atoms in total. The average Bonchev–Trinajstić information content (AvgIpc) is 2.30. The predicted molar refractivity (Wildman–Crippen MR) is 63.2 cm³/mol. The molecule has 2 heteroatoms. The molecule has 0 atom stereocenters. The first-order chi connectivity index (χ1) is 7.36. The Morgan fingerprint density at radius 2 is 1.93 bits per heavy atom. The fourth-order valence-electron chi connectivity index (χ4n) is 1.15. The summed E-state index contributed by atoms with van der Waals surface area (Å²) in [7, 11) is 0. The van der Waals surface area contributed by atoms with Crippen molar-refractivity contribution < 1.29 is 4.84 Å². The van der Waals surface area contributed by atoms with Crippen molar-refractivity contribution in [2.75, 3.05) is 6.61 Å². The highest BCUT2D eigenvalue weighted by atomic mass is 16.6. The number of nitrogens with zero attached hydrogens (tertiary/aromatic N) is 1. The third kappa shape index (κ3) is 4.63. The van der Waals surface area contributed by atoms with Crippen molar-refractivity contribution in [3.8, 4) is 0 Å². The predicted octanol–water partition coefficient (Wildman–Crippen LogP) is 3.28. The molecule has 0 N–H and O–H groups in total. The number of aryl methyl sites for hydroxylation is 1. The zero-order valence-corrected chi connectivity index (χ0v) is 9.49. The van der Waals surface area contributed by atoms with Crippen LogP contribution in [-0.2, 0) is 11.3 Å². The smallest absolute Gasteiger partial charge is 0.139 e. The molecule has 0 spiro atoms. The summed E-state index contributed by atoms with van der Waals surface area (Å²) in [6.07, 6.45) is 6.08. The van der Waals surface area contributed by atoms with E-state index in [2.05, 4.69) is 37.4 Å². The van der Waals surface area contributed by atoms with E-state index in [1.807, 2.05) is 12.1 Å². The molecule has 0 bridgehead atoms. The van der Waals surface area contributed by atoms with Crippen molar-refractivity contribution in [1.82, 2.24) is 0 Å². The van der Waals surface area contributed by atoms with Crippen LogP contribution in [0.15, 0.2) is 29.4 Å².